The maximum atomic E-state index is 12.3. The highest BCUT2D eigenvalue weighted by Crippen LogP contribution is 2.21. The van der Waals surface area contributed by atoms with Gasteiger partial charge in [0.2, 0.25) is 0 Å². The summed E-state index contributed by atoms with van der Waals surface area (Å²) in [5.74, 6) is -0.540. The van der Waals surface area contributed by atoms with Crippen molar-refractivity contribution in [2.24, 2.45) is 0 Å². The van der Waals surface area contributed by atoms with E-state index in [2.05, 4.69) is 17.2 Å². The van der Waals surface area contributed by atoms with Crippen LogP contribution in [0.1, 0.15) is 19.3 Å². The second-order valence-electron chi connectivity index (χ2n) is 6.49. The number of esters is 1. The fourth-order valence-electron chi connectivity index (χ4n) is 2.93. The van der Waals surface area contributed by atoms with Gasteiger partial charge in [-0.2, -0.15) is 0 Å². The Hall–Kier alpha value is -1.33. The Labute approximate surface area is 187 Å². The smallest absolute Gasteiger partial charge is 0.461 e. The number of amides is 2. The van der Waals surface area contributed by atoms with Crippen molar-refractivity contribution >= 4 is 29.6 Å². The number of ether oxygens (including phenoxy) is 1. The molecule has 0 aromatic heterocycles. The Morgan fingerprint density at radius 2 is 1.39 bits per heavy atom. The molecule has 0 radical (unpaired) electrons. The van der Waals surface area contributed by atoms with E-state index < -0.39 is 23.6 Å². The van der Waals surface area contributed by atoms with Crippen LogP contribution in [0.5, 0.6) is 0 Å². The molecule has 0 aromatic rings. The van der Waals surface area contributed by atoms with E-state index in [1.807, 2.05) is 0 Å². The van der Waals surface area contributed by atoms with Crippen LogP contribution in [-0.4, -0.2) is 91.5 Å². The van der Waals surface area contributed by atoms with Gasteiger partial charge >= 0.3 is 29.6 Å². The molecule has 1 unspecified atom stereocenters. The first-order chi connectivity index (χ1) is 14.8. The second-order valence-corrected chi connectivity index (χ2v) is 12.7. The van der Waals surface area contributed by atoms with Crippen LogP contribution in [0.2, 0.25) is 12.1 Å². The molecule has 0 aliphatic carbocycles. The number of urea groups is 1. The highest BCUT2D eigenvalue weighted by Gasteiger charge is 2.39. The monoisotopic (exact) mass is 482 g/mol. The molecule has 0 rings (SSSR count). The number of hydrogen-bond acceptors (Lipinski definition) is 9. The summed E-state index contributed by atoms with van der Waals surface area (Å²) in [5.41, 5.74) is 0. The van der Waals surface area contributed by atoms with Crippen molar-refractivity contribution in [3.63, 3.8) is 0 Å². The summed E-state index contributed by atoms with van der Waals surface area (Å²) in [5, 5.41) is 5.60. The molecule has 0 saturated carbocycles. The van der Waals surface area contributed by atoms with Gasteiger partial charge in [0.1, 0.15) is 6.61 Å². The molecule has 2 amide bonds. The minimum atomic E-state index is -2.78. The average Bonchev–Trinajstić information content (AvgIpc) is 2.80. The normalized spacial score (nSPS) is 12.8. The topological polar surface area (TPSA) is 123 Å². The predicted molar refractivity (Wildman–Crippen MR) is 119 cm³/mol. The Balaban J connectivity index is 4.87. The van der Waals surface area contributed by atoms with Crippen LogP contribution in [0, 0.1) is 0 Å². The molecule has 0 aromatic carbocycles. The van der Waals surface area contributed by atoms with Crippen molar-refractivity contribution in [3.8, 4) is 0 Å². The molecule has 0 aliphatic rings. The largest absolute Gasteiger partial charge is 0.500 e. The van der Waals surface area contributed by atoms with E-state index in [4.69, 9.17) is 31.3 Å². The van der Waals surface area contributed by atoms with Crippen LogP contribution in [0.15, 0.2) is 12.7 Å². The number of carbonyl (C=O) groups is 2. The van der Waals surface area contributed by atoms with Crippen molar-refractivity contribution in [3.05, 3.63) is 12.7 Å². The van der Waals surface area contributed by atoms with Gasteiger partial charge in [0.25, 0.3) is 0 Å². The van der Waals surface area contributed by atoms with Crippen molar-refractivity contribution in [1.82, 2.24) is 10.6 Å². The van der Waals surface area contributed by atoms with Crippen LogP contribution in [-0.2, 0) is 36.1 Å². The summed E-state index contributed by atoms with van der Waals surface area (Å²) in [4.78, 5) is 23.3. The molecule has 1 atom stereocenters. The molecule has 0 spiro atoms. The first kappa shape index (κ1) is 29.7. The van der Waals surface area contributed by atoms with Crippen LogP contribution in [0.3, 0.4) is 0 Å². The summed E-state index contributed by atoms with van der Waals surface area (Å²) >= 11 is 0. The highest BCUT2D eigenvalue weighted by molar-refractivity contribution is 6.60. The van der Waals surface area contributed by atoms with Crippen molar-refractivity contribution in [2.45, 2.75) is 37.4 Å². The van der Waals surface area contributed by atoms with Crippen LogP contribution < -0.4 is 10.6 Å². The van der Waals surface area contributed by atoms with Gasteiger partial charge in [0.15, 0.2) is 0 Å². The van der Waals surface area contributed by atoms with Gasteiger partial charge in [-0.25, -0.2) is 9.59 Å². The zero-order chi connectivity index (χ0) is 23.8. The summed E-state index contributed by atoms with van der Waals surface area (Å²) in [6, 6.07) is 0.586. The van der Waals surface area contributed by atoms with Gasteiger partial charge in [-0.3, -0.25) is 0 Å². The second kappa shape index (κ2) is 16.3. The zero-order valence-corrected chi connectivity index (χ0v) is 21.5. The van der Waals surface area contributed by atoms with E-state index in [-0.39, 0.29) is 25.2 Å². The minimum absolute atomic E-state index is 0.0552. The summed E-state index contributed by atoms with van der Waals surface area (Å²) < 4.78 is 37.6. The molecule has 11 nitrogen and oxygen atoms in total. The fraction of sp³-hybridized carbons (Fsp3) is 0.778. The SMILES string of the molecule is C=CC(=O)OCCNC(=O)NC(CCC[Si](OC)(OC)OC)CC[Si](OC)(OC)OC. The van der Waals surface area contributed by atoms with Crippen molar-refractivity contribution < 1.29 is 40.9 Å². The third-order valence-corrected chi connectivity index (χ3v) is 10.4. The maximum absolute atomic E-state index is 12.3. The molecular formula is C18H38N2O9Si2. The lowest BCUT2D eigenvalue weighted by Gasteiger charge is -2.28. The zero-order valence-electron chi connectivity index (χ0n) is 19.5. The third-order valence-electron chi connectivity index (χ3n) is 4.83. The molecule has 182 valence electrons. The van der Waals surface area contributed by atoms with E-state index in [0.29, 0.717) is 31.4 Å². The van der Waals surface area contributed by atoms with Crippen molar-refractivity contribution in [2.75, 3.05) is 55.8 Å². The molecule has 0 aliphatic heterocycles. The summed E-state index contributed by atoms with van der Waals surface area (Å²) in [6.07, 6.45) is 3.02. The summed E-state index contributed by atoms with van der Waals surface area (Å²) in [7, 11) is 3.88. The standard InChI is InChI=1S/C18H38N2O9Si2/c1-8-17(21)29-13-12-19-18(22)20-16(11-15-31(26-5,27-6)28-7)10-9-14-30(23-2,24-3)25-4/h8,16H,1,9-15H2,2-7H3,(H2,19,20,22). The van der Waals surface area contributed by atoms with Gasteiger partial charge in [-0.1, -0.05) is 6.58 Å². The lowest BCUT2D eigenvalue weighted by molar-refractivity contribution is -0.137. The van der Waals surface area contributed by atoms with Gasteiger partial charge < -0.3 is 41.9 Å². The molecular weight excluding hydrogens is 444 g/mol. The van der Waals surface area contributed by atoms with Gasteiger partial charge in [0.05, 0.1) is 6.54 Å². The molecule has 0 bridgehead atoms. The van der Waals surface area contributed by atoms with Crippen LogP contribution in [0.25, 0.3) is 0 Å². The average molecular weight is 483 g/mol. The van der Waals surface area contributed by atoms with Gasteiger partial charge in [-0.15, -0.1) is 0 Å². The van der Waals surface area contributed by atoms with E-state index >= 15 is 0 Å². The number of nitrogens with one attached hydrogen (secondary N) is 2. The Morgan fingerprint density at radius 3 is 1.87 bits per heavy atom. The molecule has 2 N–H and O–H groups in total. The fourth-order valence-corrected chi connectivity index (χ4v) is 6.49. The molecule has 0 fully saturated rings. The van der Waals surface area contributed by atoms with Crippen molar-refractivity contribution in [1.29, 1.82) is 0 Å². The quantitative estimate of drug-likeness (QED) is 0.129. The minimum Gasteiger partial charge on any atom is -0.461 e. The van der Waals surface area contributed by atoms with Crippen LogP contribution in [0.4, 0.5) is 4.79 Å². The Kier molecular flexibility index (Phi) is 15.6. The Morgan fingerprint density at radius 1 is 0.871 bits per heavy atom. The molecule has 13 heteroatoms. The number of hydrogen-bond donors (Lipinski definition) is 2. The number of rotatable bonds is 18. The number of carbonyl (C=O) groups excluding carboxylic acids is 2. The lowest BCUT2D eigenvalue weighted by Crippen LogP contribution is -2.47. The summed E-state index contributed by atoms with van der Waals surface area (Å²) in [6.45, 7) is 3.55. The molecule has 31 heavy (non-hydrogen) atoms. The molecule has 0 saturated heterocycles. The van der Waals surface area contributed by atoms with E-state index in [9.17, 15) is 9.59 Å². The van der Waals surface area contributed by atoms with Crippen LogP contribution >= 0.6 is 0 Å². The van der Waals surface area contributed by atoms with E-state index in [1.165, 1.54) is 0 Å². The molecule has 0 heterocycles. The maximum Gasteiger partial charge on any atom is 0.500 e. The Bertz CT molecular complexity index is 516. The first-order valence-electron chi connectivity index (χ1n) is 9.94. The van der Waals surface area contributed by atoms with Gasteiger partial charge in [0, 0.05) is 66.9 Å². The van der Waals surface area contributed by atoms with E-state index in [0.717, 1.165) is 6.08 Å². The lowest BCUT2D eigenvalue weighted by atomic mass is 10.1. The highest BCUT2D eigenvalue weighted by atomic mass is 28.4. The third kappa shape index (κ3) is 11.2. The first-order valence-corrected chi connectivity index (χ1v) is 13.8. The van der Waals surface area contributed by atoms with E-state index in [1.54, 1.807) is 42.7 Å². The predicted octanol–water partition coefficient (Wildman–Crippen LogP) is 1.31. The van der Waals surface area contributed by atoms with Gasteiger partial charge in [-0.05, 0) is 19.3 Å².